The largest absolute Gasteiger partial charge is 0.337 e. The van der Waals surface area contributed by atoms with Crippen LogP contribution in [0, 0.1) is 11.3 Å². The van der Waals surface area contributed by atoms with E-state index < -0.39 is 0 Å². The van der Waals surface area contributed by atoms with E-state index in [4.69, 9.17) is 5.26 Å². The van der Waals surface area contributed by atoms with Gasteiger partial charge >= 0.3 is 0 Å². The number of carbonyl (C=O) groups is 1. The number of nitriles is 1. The number of hydrogen-bond donors (Lipinski definition) is 0. The van der Waals surface area contributed by atoms with E-state index in [2.05, 4.69) is 17.0 Å². The maximum absolute atomic E-state index is 11.6. The highest BCUT2D eigenvalue weighted by Gasteiger charge is 2.35. The molecule has 98 valence electrons. The van der Waals surface area contributed by atoms with Gasteiger partial charge in [0.1, 0.15) is 0 Å². The summed E-state index contributed by atoms with van der Waals surface area (Å²) in [6.07, 6.45) is 1.70. The van der Waals surface area contributed by atoms with E-state index in [0.29, 0.717) is 23.9 Å². The lowest BCUT2D eigenvalue weighted by Crippen LogP contribution is -2.50. The Morgan fingerprint density at radius 3 is 3.11 bits per heavy atom. The lowest BCUT2D eigenvalue weighted by atomic mass is 10.1. The second kappa shape index (κ2) is 5.02. The lowest BCUT2D eigenvalue weighted by Gasteiger charge is -2.37. The van der Waals surface area contributed by atoms with E-state index in [1.165, 1.54) is 5.56 Å². The molecule has 1 atom stereocenters. The average molecular weight is 255 g/mol. The molecule has 2 heterocycles. The first-order valence-electron chi connectivity index (χ1n) is 6.77. The van der Waals surface area contributed by atoms with Gasteiger partial charge in [0, 0.05) is 38.6 Å². The number of piperazine rings is 1. The van der Waals surface area contributed by atoms with Crippen LogP contribution in [0.3, 0.4) is 0 Å². The molecule has 3 rings (SSSR count). The minimum Gasteiger partial charge on any atom is -0.337 e. The van der Waals surface area contributed by atoms with E-state index in [1.54, 1.807) is 0 Å². The highest BCUT2D eigenvalue weighted by Crippen LogP contribution is 2.23. The molecule has 0 aromatic heterocycles. The molecule has 0 saturated carbocycles. The fourth-order valence-corrected chi connectivity index (χ4v) is 3.07. The Hall–Kier alpha value is -1.86. The average Bonchev–Trinajstić information content (AvgIpc) is 2.80. The molecule has 1 aromatic rings. The lowest BCUT2D eigenvalue weighted by molar-refractivity contribution is -0.130. The summed E-state index contributed by atoms with van der Waals surface area (Å²) in [5.74, 6) is 0.316. The first-order valence-corrected chi connectivity index (χ1v) is 6.77. The molecular formula is C15H17N3O. The second-order valence-corrected chi connectivity index (χ2v) is 5.33. The van der Waals surface area contributed by atoms with Gasteiger partial charge in [-0.2, -0.15) is 5.26 Å². The molecule has 0 aliphatic carbocycles. The molecule has 2 aliphatic heterocycles. The van der Waals surface area contributed by atoms with Crippen LogP contribution in [0.25, 0.3) is 0 Å². The van der Waals surface area contributed by atoms with Crippen molar-refractivity contribution < 1.29 is 4.79 Å². The fourth-order valence-electron chi connectivity index (χ4n) is 3.07. The molecule has 2 aliphatic rings. The quantitative estimate of drug-likeness (QED) is 0.801. The summed E-state index contributed by atoms with van der Waals surface area (Å²) in [6.45, 7) is 3.61. The maximum atomic E-state index is 11.6. The molecule has 2 fully saturated rings. The van der Waals surface area contributed by atoms with Crippen LogP contribution in [0.5, 0.6) is 0 Å². The Bertz CT molecular complexity index is 534. The van der Waals surface area contributed by atoms with Crippen molar-refractivity contribution in [3.05, 3.63) is 35.4 Å². The van der Waals surface area contributed by atoms with Gasteiger partial charge in [-0.05, 0) is 24.1 Å². The molecule has 4 nitrogen and oxygen atoms in total. The summed E-state index contributed by atoms with van der Waals surface area (Å²) < 4.78 is 0. The van der Waals surface area contributed by atoms with Crippen molar-refractivity contribution in [3.63, 3.8) is 0 Å². The zero-order valence-corrected chi connectivity index (χ0v) is 10.9. The van der Waals surface area contributed by atoms with Crippen LogP contribution in [-0.2, 0) is 11.3 Å². The smallest absolute Gasteiger partial charge is 0.222 e. The number of carbonyl (C=O) groups excluding carboxylic acids is 1. The summed E-state index contributed by atoms with van der Waals surface area (Å²) in [5.41, 5.74) is 1.89. The van der Waals surface area contributed by atoms with Crippen molar-refractivity contribution >= 4 is 5.91 Å². The van der Waals surface area contributed by atoms with Crippen molar-refractivity contribution in [2.75, 3.05) is 19.6 Å². The first kappa shape index (κ1) is 12.2. The Balaban J connectivity index is 1.65. The number of benzene rings is 1. The van der Waals surface area contributed by atoms with Gasteiger partial charge in [-0.1, -0.05) is 12.1 Å². The molecule has 1 amide bonds. The monoisotopic (exact) mass is 255 g/mol. The van der Waals surface area contributed by atoms with Crippen LogP contribution in [0.4, 0.5) is 0 Å². The number of hydrogen-bond acceptors (Lipinski definition) is 3. The van der Waals surface area contributed by atoms with Gasteiger partial charge in [0.15, 0.2) is 0 Å². The summed E-state index contributed by atoms with van der Waals surface area (Å²) >= 11 is 0. The van der Waals surface area contributed by atoms with Crippen LogP contribution in [0.1, 0.15) is 24.0 Å². The zero-order valence-electron chi connectivity index (χ0n) is 10.9. The summed E-state index contributed by atoms with van der Waals surface area (Å²) in [7, 11) is 0. The topological polar surface area (TPSA) is 47.3 Å². The van der Waals surface area contributed by atoms with Crippen LogP contribution in [0.2, 0.25) is 0 Å². The number of nitrogens with zero attached hydrogens (tertiary/aromatic N) is 3. The van der Waals surface area contributed by atoms with Gasteiger partial charge in [0.05, 0.1) is 11.6 Å². The summed E-state index contributed by atoms with van der Waals surface area (Å²) in [6, 6.07) is 10.4. The number of amides is 1. The normalized spacial score (nSPS) is 23.2. The third-order valence-electron chi connectivity index (χ3n) is 4.04. The minimum atomic E-state index is 0.316. The maximum Gasteiger partial charge on any atom is 0.222 e. The highest BCUT2D eigenvalue weighted by atomic mass is 16.2. The van der Waals surface area contributed by atoms with Gasteiger partial charge in [0.25, 0.3) is 0 Å². The third-order valence-corrected chi connectivity index (χ3v) is 4.04. The van der Waals surface area contributed by atoms with Gasteiger partial charge in [-0.3, -0.25) is 9.69 Å². The van der Waals surface area contributed by atoms with Crippen molar-refractivity contribution in [2.45, 2.75) is 25.4 Å². The number of fused-ring (bicyclic) bond motifs is 1. The molecule has 0 bridgehead atoms. The first-order chi connectivity index (χ1) is 9.26. The van der Waals surface area contributed by atoms with Crippen LogP contribution in [0.15, 0.2) is 24.3 Å². The molecule has 19 heavy (non-hydrogen) atoms. The van der Waals surface area contributed by atoms with Gasteiger partial charge in [0.2, 0.25) is 5.91 Å². The van der Waals surface area contributed by atoms with Gasteiger partial charge in [-0.15, -0.1) is 0 Å². The second-order valence-electron chi connectivity index (χ2n) is 5.33. The van der Waals surface area contributed by atoms with E-state index in [1.807, 2.05) is 23.1 Å². The molecule has 0 N–H and O–H groups in total. The zero-order chi connectivity index (χ0) is 13.2. The minimum absolute atomic E-state index is 0.316. The van der Waals surface area contributed by atoms with Gasteiger partial charge < -0.3 is 4.90 Å². The fraction of sp³-hybridized carbons (Fsp3) is 0.467. The standard InChI is InChI=1S/C15H17N3O/c16-9-12-2-1-3-13(8-12)10-17-6-7-18-14(11-17)4-5-15(18)19/h1-3,8,14H,4-7,10-11H2. The molecule has 1 unspecified atom stereocenters. The van der Waals surface area contributed by atoms with E-state index in [0.717, 1.165) is 32.6 Å². The Kier molecular flexibility index (Phi) is 3.22. The van der Waals surface area contributed by atoms with E-state index in [-0.39, 0.29) is 0 Å². The van der Waals surface area contributed by atoms with Crippen LogP contribution >= 0.6 is 0 Å². The predicted octanol–water partition coefficient (Wildman–Crippen LogP) is 1.36. The molecular weight excluding hydrogens is 238 g/mol. The van der Waals surface area contributed by atoms with Crippen LogP contribution < -0.4 is 0 Å². The van der Waals surface area contributed by atoms with Crippen molar-refractivity contribution in [2.24, 2.45) is 0 Å². The Morgan fingerprint density at radius 1 is 1.37 bits per heavy atom. The number of rotatable bonds is 2. The van der Waals surface area contributed by atoms with Crippen molar-refractivity contribution in [1.29, 1.82) is 5.26 Å². The van der Waals surface area contributed by atoms with Crippen LogP contribution in [-0.4, -0.2) is 41.4 Å². The highest BCUT2D eigenvalue weighted by molar-refractivity contribution is 5.78. The van der Waals surface area contributed by atoms with Crippen molar-refractivity contribution in [3.8, 4) is 6.07 Å². The molecule has 2 saturated heterocycles. The third kappa shape index (κ3) is 2.47. The van der Waals surface area contributed by atoms with Crippen molar-refractivity contribution in [1.82, 2.24) is 9.80 Å². The Labute approximate surface area is 113 Å². The Morgan fingerprint density at radius 2 is 2.26 bits per heavy atom. The molecule has 4 heteroatoms. The SMILES string of the molecule is N#Cc1cccc(CN2CCN3C(=O)CCC3C2)c1. The molecule has 0 spiro atoms. The summed E-state index contributed by atoms with van der Waals surface area (Å²) in [5, 5.41) is 8.91. The molecule has 1 aromatic carbocycles. The van der Waals surface area contributed by atoms with E-state index >= 15 is 0 Å². The summed E-state index contributed by atoms with van der Waals surface area (Å²) in [4.78, 5) is 16.0. The predicted molar refractivity (Wildman–Crippen MR) is 71.2 cm³/mol. The molecule has 0 radical (unpaired) electrons. The van der Waals surface area contributed by atoms with E-state index in [9.17, 15) is 4.79 Å². The van der Waals surface area contributed by atoms with Gasteiger partial charge in [-0.25, -0.2) is 0 Å².